The summed E-state index contributed by atoms with van der Waals surface area (Å²) in [5.41, 5.74) is -0.967. The van der Waals surface area contributed by atoms with Crippen molar-refractivity contribution in [3.63, 3.8) is 0 Å². The lowest BCUT2D eigenvalue weighted by Gasteiger charge is -2.24. The van der Waals surface area contributed by atoms with Gasteiger partial charge in [-0.05, 0) is 12.8 Å². The molecule has 2 heterocycles. The summed E-state index contributed by atoms with van der Waals surface area (Å²) in [7, 11) is 1.48. The highest BCUT2D eigenvalue weighted by molar-refractivity contribution is 5.43. The van der Waals surface area contributed by atoms with Gasteiger partial charge in [-0.15, -0.1) is 0 Å². The van der Waals surface area contributed by atoms with Gasteiger partial charge in [0.1, 0.15) is 5.82 Å². The van der Waals surface area contributed by atoms with Crippen LogP contribution in [0.15, 0.2) is 6.07 Å². The minimum absolute atomic E-state index is 0.0190. The van der Waals surface area contributed by atoms with Gasteiger partial charge >= 0.3 is 6.18 Å². The molecule has 1 fully saturated rings. The molecule has 0 bridgehead atoms. The van der Waals surface area contributed by atoms with Crippen molar-refractivity contribution in [2.45, 2.75) is 25.1 Å². The maximum atomic E-state index is 12.7. The molecular weight excluding hydrogens is 261 g/mol. The van der Waals surface area contributed by atoms with Gasteiger partial charge in [-0.2, -0.15) is 18.2 Å². The van der Waals surface area contributed by atoms with Gasteiger partial charge in [-0.25, -0.2) is 4.98 Å². The molecule has 0 amide bonds. The molecule has 8 heteroatoms. The molecule has 0 radical (unpaired) electrons. The highest BCUT2D eigenvalue weighted by Gasteiger charge is 2.33. The van der Waals surface area contributed by atoms with E-state index in [1.807, 2.05) is 0 Å². The van der Waals surface area contributed by atoms with Crippen molar-refractivity contribution in [3.8, 4) is 0 Å². The summed E-state index contributed by atoms with van der Waals surface area (Å²) in [6, 6.07) is 0.893. The Kier molecular flexibility index (Phi) is 4.08. The lowest BCUT2D eigenvalue weighted by molar-refractivity contribution is -0.141. The normalized spacial score (nSPS) is 20.1. The van der Waals surface area contributed by atoms with Crippen LogP contribution in [-0.4, -0.2) is 36.3 Å². The predicted octanol–water partition coefficient (Wildman–Crippen LogP) is 2.13. The number of hydrogen-bond donors (Lipinski definition) is 2. The Morgan fingerprint density at radius 2 is 2.16 bits per heavy atom. The number of nitrogens with one attached hydrogen (secondary N) is 2. The fourth-order valence-electron chi connectivity index (χ4n) is 1.84. The number of anilines is 2. The number of alkyl halides is 3. The van der Waals surface area contributed by atoms with E-state index in [9.17, 15) is 13.2 Å². The van der Waals surface area contributed by atoms with Crippen LogP contribution in [0.2, 0.25) is 0 Å². The molecule has 1 aromatic heterocycles. The van der Waals surface area contributed by atoms with E-state index in [2.05, 4.69) is 20.6 Å². The van der Waals surface area contributed by atoms with Gasteiger partial charge in [0.15, 0.2) is 5.69 Å². The second-order valence-electron chi connectivity index (χ2n) is 4.27. The lowest BCUT2D eigenvalue weighted by Crippen LogP contribution is -2.30. The van der Waals surface area contributed by atoms with Crippen LogP contribution in [0.5, 0.6) is 0 Å². The quantitative estimate of drug-likeness (QED) is 0.885. The van der Waals surface area contributed by atoms with Crippen LogP contribution in [0.25, 0.3) is 0 Å². The first kappa shape index (κ1) is 13.9. The van der Waals surface area contributed by atoms with Crippen LogP contribution < -0.4 is 10.6 Å². The Labute approximate surface area is 108 Å². The first-order valence-corrected chi connectivity index (χ1v) is 5.97. The van der Waals surface area contributed by atoms with Crippen molar-refractivity contribution >= 4 is 11.8 Å². The average Bonchev–Trinajstić information content (AvgIpc) is 2.38. The maximum Gasteiger partial charge on any atom is 0.433 e. The summed E-state index contributed by atoms with van der Waals surface area (Å²) in [5.74, 6) is 0.0937. The van der Waals surface area contributed by atoms with Gasteiger partial charge < -0.3 is 15.4 Å². The third-order valence-corrected chi connectivity index (χ3v) is 2.75. The molecule has 1 aromatic rings. The number of ether oxygens (including phenoxy) is 1. The highest BCUT2D eigenvalue weighted by Crippen LogP contribution is 2.29. The van der Waals surface area contributed by atoms with Crippen molar-refractivity contribution in [2.24, 2.45) is 0 Å². The minimum Gasteiger partial charge on any atom is -0.379 e. The van der Waals surface area contributed by atoms with Crippen LogP contribution in [-0.2, 0) is 10.9 Å². The van der Waals surface area contributed by atoms with E-state index in [0.717, 1.165) is 18.9 Å². The average molecular weight is 276 g/mol. The molecular formula is C11H15F3N4O. The zero-order valence-electron chi connectivity index (χ0n) is 10.4. The third kappa shape index (κ3) is 3.69. The highest BCUT2D eigenvalue weighted by atomic mass is 19.4. The Hall–Kier alpha value is -1.57. The molecule has 0 aromatic carbocycles. The zero-order chi connectivity index (χ0) is 13.9. The summed E-state index contributed by atoms with van der Waals surface area (Å²) < 4.78 is 43.3. The largest absolute Gasteiger partial charge is 0.433 e. The first-order valence-electron chi connectivity index (χ1n) is 5.97. The standard InChI is InChI=1S/C11H15F3N4O/c1-15-10-17-8(11(12,13)14)5-9(18-10)16-7-3-2-4-19-6-7/h5,7H,2-4,6H2,1H3,(H2,15,16,17,18). The van der Waals surface area contributed by atoms with Crippen LogP contribution in [0.3, 0.4) is 0 Å². The SMILES string of the molecule is CNc1nc(NC2CCCOC2)cc(C(F)(F)F)n1. The smallest absolute Gasteiger partial charge is 0.379 e. The Bertz CT molecular complexity index is 432. The Morgan fingerprint density at radius 3 is 2.74 bits per heavy atom. The van der Waals surface area contributed by atoms with Gasteiger partial charge in [-0.1, -0.05) is 0 Å². The van der Waals surface area contributed by atoms with Crippen molar-refractivity contribution in [1.29, 1.82) is 0 Å². The molecule has 2 rings (SSSR count). The summed E-state index contributed by atoms with van der Waals surface area (Å²) in [6.07, 6.45) is -2.76. The van der Waals surface area contributed by atoms with Crippen molar-refractivity contribution in [2.75, 3.05) is 30.9 Å². The van der Waals surface area contributed by atoms with E-state index >= 15 is 0 Å². The zero-order valence-corrected chi connectivity index (χ0v) is 10.4. The molecule has 2 N–H and O–H groups in total. The van der Waals surface area contributed by atoms with Gasteiger partial charge in [0.25, 0.3) is 0 Å². The number of nitrogens with zero attached hydrogens (tertiary/aromatic N) is 2. The molecule has 0 spiro atoms. The molecule has 1 saturated heterocycles. The van der Waals surface area contributed by atoms with Gasteiger partial charge in [-0.3, -0.25) is 0 Å². The number of hydrogen-bond acceptors (Lipinski definition) is 5. The second-order valence-corrected chi connectivity index (χ2v) is 4.27. The van der Waals surface area contributed by atoms with E-state index in [1.54, 1.807) is 0 Å². The summed E-state index contributed by atoms with van der Waals surface area (Å²) in [6.45, 7) is 1.16. The van der Waals surface area contributed by atoms with E-state index in [1.165, 1.54) is 7.05 Å². The van der Waals surface area contributed by atoms with Crippen LogP contribution in [0.1, 0.15) is 18.5 Å². The molecule has 1 aliphatic heterocycles. The molecule has 1 unspecified atom stereocenters. The Balaban J connectivity index is 2.19. The van der Waals surface area contributed by atoms with E-state index in [-0.39, 0.29) is 17.8 Å². The molecule has 5 nitrogen and oxygen atoms in total. The van der Waals surface area contributed by atoms with Crippen LogP contribution in [0, 0.1) is 0 Å². The Morgan fingerprint density at radius 1 is 1.37 bits per heavy atom. The van der Waals surface area contributed by atoms with Gasteiger partial charge in [0.05, 0.1) is 12.6 Å². The van der Waals surface area contributed by atoms with E-state index in [0.29, 0.717) is 13.2 Å². The second kappa shape index (κ2) is 5.60. The van der Waals surface area contributed by atoms with E-state index < -0.39 is 11.9 Å². The van der Waals surface area contributed by atoms with Crippen molar-refractivity contribution in [3.05, 3.63) is 11.8 Å². The minimum atomic E-state index is -4.49. The van der Waals surface area contributed by atoms with Crippen LogP contribution >= 0.6 is 0 Å². The molecule has 106 valence electrons. The number of rotatable bonds is 3. The number of aromatic nitrogens is 2. The number of halogens is 3. The fourth-order valence-corrected chi connectivity index (χ4v) is 1.84. The molecule has 0 aliphatic carbocycles. The maximum absolute atomic E-state index is 12.7. The lowest BCUT2D eigenvalue weighted by atomic mass is 10.1. The summed E-state index contributed by atoms with van der Waals surface area (Å²) in [5, 5.41) is 5.48. The topological polar surface area (TPSA) is 59.1 Å². The van der Waals surface area contributed by atoms with Gasteiger partial charge in [0.2, 0.25) is 5.95 Å². The third-order valence-electron chi connectivity index (χ3n) is 2.75. The van der Waals surface area contributed by atoms with Crippen molar-refractivity contribution < 1.29 is 17.9 Å². The van der Waals surface area contributed by atoms with Gasteiger partial charge in [0, 0.05) is 19.7 Å². The molecule has 1 atom stereocenters. The van der Waals surface area contributed by atoms with Crippen molar-refractivity contribution in [1.82, 2.24) is 9.97 Å². The molecule has 1 aliphatic rings. The summed E-state index contributed by atoms with van der Waals surface area (Å²) >= 11 is 0. The first-order chi connectivity index (χ1) is 8.99. The summed E-state index contributed by atoms with van der Waals surface area (Å²) in [4.78, 5) is 7.37. The predicted molar refractivity (Wildman–Crippen MR) is 64.0 cm³/mol. The molecule has 0 saturated carbocycles. The fraction of sp³-hybridized carbons (Fsp3) is 0.636. The van der Waals surface area contributed by atoms with E-state index in [4.69, 9.17) is 4.74 Å². The molecule has 19 heavy (non-hydrogen) atoms. The monoisotopic (exact) mass is 276 g/mol. The van der Waals surface area contributed by atoms with Crippen LogP contribution in [0.4, 0.5) is 24.9 Å².